The van der Waals surface area contributed by atoms with Crippen molar-refractivity contribution in [2.75, 3.05) is 39.3 Å². The second-order valence-corrected chi connectivity index (χ2v) is 10.3. The number of amides is 1. The van der Waals surface area contributed by atoms with Crippen molar-refractivity contribution in [2.24, 2.45) is 11.3 Å². The molecule has 2 aliphatic heterocycles. The number of nitrogens with zero attached hydrogens (tertiary/aromatic N) is 3. The number of likely N-dealkylation sites (tertiary alicyclic amines) is 1. The normalized spacial score (nSPS) is 22.0. The highest BCUT2D eigenvalue weighted by molar-refractivity contribution is 5.92. The minimum atomic E-state index is 0.0819. The SMILES string of the molecule is O=C(c1ccccn1)N1CCC2(CCCCc3ccccc3OCCN(CC3CC3)C2)CC1. The molecule has 2 fully saturated rings. The summed E-state index contributed by atoms with van der Waals surface area (Å²) in [5, 5.41) is 0. The first-order valence-electron chi connectivity index (χ1n) is 12.8. The molecule has 1 spiro atoms. The van der Waals surface area contributed by atoms with Gasteiger partial charge in [-0.25, -0.2) is 0 Å². The molecular formula is C28H37N3O2. The van der Waals surface area contributed by atoms with Crippen LogP contribution in [-0.2, 0) is 6.42 Å². The molecule has 5 heteroatoms. The van der Waals surface area contributed by atoms with Crippen molar-refractivity contribution < 1.29 is 9.53 Å². The fourth-order valence-corrected chi connectivity index (χ4v) is 5.65. The van der Waals surface area contributed by atoms with Crippen LogP contribution in [0.3, 0.4) is 0 Å². The van der Waals surface area contributed by atoms with Gasteiger partial charge in [0.15, 0.2) is 0 Å². The van der Waals surface area contributed by atoms with Gasteiger partial charge in [-0.05, 0) is 80.0 Å². The molecule has 1 aromatic carbocycles. The Bertz CT molecular complexity index is 920. The molecule has 0 unspecified atom stereocenters. The maximum Gasteiger partial charge on any atom is 0.272 e. The molecule has 5 nitrogen and oxygen atoms in total. The highest BCUT2D eigenvalue weighted by atomic mass is 16.5. The molecule has 0 atom stereocenters. The van der Waals surface area contributed by atoms with Crippen LogP contribution in [0, 0.1) is 11.3 Å². The fraction of sp³-hybridized carbons (Fsp3) is 0.571. The number of benzene rings is 1. The Morgan fingerprint density at radius 1 is 1.00 bits per heavy atom. The third kappa shape index (κ3) is 5.75. The van der Waals surface area contributed by atoms with Gasteiger partial charge < -0.3 is 9.64 Å². The summed E-state index contributed by atoms with van der Waals surface area (Å²) in [5.41, 5.74) is 2.21. The number of piperidine rings is 1. The van der Waals surface area contributed by atoms with Gasteiger partial charge in [-0.15, -0.1) is 0 Å². The predicted molar refractivity (Wildman–Crippen MR) is 130 cm³/mol. The van der Waals surface area contributed by atoms with Crippen molar-refractivity contribution >= 4 is 5.91 Å². The average Bonchev–Trinajstić information content (AvgIpc) is 3.67. The van der Waals surface area contributed by atoms with E-state index in [2.05, 4.69) is 34.1 Å². The van der Waals surface area contributed by atoms with Gasteiger partial charge in [0, 0.05) is 38.9 Å². The highest BCUT2D eigenvalue weighted by Crippen LogP contribution is 2.40. The number of ether oxygens (including phenoxy) is 1. The Balaban J connectivity index is 1.28. The van der Waals surface area contributed by atoms with Gasteiger partial charge in [-0.2, -0.15) is 0 Å². The summed E-state index contributed by atoms with van der Waals surface area (Å²) in [4.78, 5) is 21.9. The van der Waals surface area contributed by atoms with Crippen molar-refractivity contribution in [3.63, 3.8) is 0 Å². The molecule has 5 rings (SSSR count). The molecule has 2 aromatic rings. The summed E-state index contributed by atoms with van der Waals surface area (Å²) in [6.45, 7) is 5.76. The Morgan fingerprint density at radius 2 is 1.82 bits per heavy atom. The van der Waals surface area contributed by atoms with E-state index >= 15 is 0 Å². The van der Waals surface area contributed by atoms with Gasteiger partial charge >= 0.3 is 0 Å². The Labute approximate surface area is 198 Å². The van der Waals surface area contributed by atoms with Crippen molar-refractivity contribution in [2.45, 2.75) is 51.4 Å². The van der Waals surface area contributed by atoms with Gasteiger partial charge in [0.25, 0.3) is 5.91 Å². The van der Waals surface area contributed by atoms with Crippen LogP contribution >= 0.6 is 0 Å². The number of rotatable bonds is 3. The fourth-order valence-electron chi connectivity index (χ4n) is 5.65. The zero-order valence-electron chi connectivity index (χ0n) is 19.8. The number of carbonyl (C=O) groups is 1. The quantitative estimate of drug-likeness (QED) is 0.677. The number of hydrogen-bond acceptors (Lipinski definition) is 4. The lowest BCUT2D eigenvalue weighted by Crippen LogP contribution is -2.49. The average molecular weight is 448 g/mol. The van der Waals surface area contributed by atoms with Gasteiger partial charge in [0.05, 0.1) is 0 Å². The second kappa shape index (κ2) is 10.3. The number of aryl methyl sites for hydroxylation is 1. The summed E-state index contributed by atoms with van der Waals surface area (Å²) < 4.78 is 6.26. The molecule has 1 aromatic heterocycles. The largest absolute Gasteiger partial charge is 0.492 e. The van der Waals surface area contributed by atoms with Crippen LogP contribution < -0.4 is 4.74 Å². The predicted octanol–water partition coefficient (Wildman–Crippen LogP) is 4.82. The van der Waals surface area contributed by atoms with Crippen molar-refractivity contribution in [1.29, 1.82) is 0 Å². The van der Waals surface area contributed by atoms with Crippen LogP contribution in [0.5, 0.6) is 5.75 Å². The van der Waals surface area contributed by atoms with E-state index < -0.39 is 0 Å². The lowest BCUT2D eigenvalue weighted by atomic mass is 9.73. The summed E-state index contributed by atoms with van der Waals surface area (Å²) in [7, 11) is 0. The summed E-state index contributed by atoms with van der Waals surface area (Å²) >= 11 is 0. The lowest BCUT2D eigenvalue weighted by Gasteiger charge is -2.45. The molecule has 176 valence electrons. The van der Waals surface area contributed by atoms with Crippen LogP contribution in [0.15, 0.2) is 48.7 Å². The van der Waals surface area contributed by atoms with Gasteiger partial charge in [-0.3, -0.25) is 14.7 Å². The number of carbonyl (C=O) groups excluding carboxylic acids is 1. The van der Waals surface area contributed by atoms with E-state index in [1.165, 1.54) is 44.2 Å². The zero-order valence-corrected chi connectivity index (χ0v) is 19.8. The first kappa shape index (κ1) is 22.4. The number of hydrogen-bond donors (Lipinski definition) is 0. The molecule has 33 heavy (non-hydrogen) atoms. The summed E-state index contributed by atoms with van der Waals surface area (Å²) in [5.74, 6) is 2.02. The lowest BCUT2D eigenvalue weighted by molar-refractivity contribution is 0.0365. The Kier molecular flexibility index (Phi) is 6.96. The monoisotopic (exact) mass is 447 g/mol. The zero-order chi connectivity index (χ0) is 22.5. The van der Waals surface area contributed by atoms with Crippen molar-refractivity contribution in [3.8, 4) is 5.75 Å². The number of aromatic nitrogens is 1. The number of para-hydroxylation sites is 1. The van der Waals surface area contributed by atoms with Gasteiger partial charge in [0.2, 0.25) is 0 Å². The third-order valence-corrected chi connectivity index (χ3v) is 7.81. The molecule has 0 radical (unpaired) electrons. The van der Waals surface area contributed by atoms with Crippen LogP contribution in [0.25, 0.3) is 0 Å². The summed E-state index contributed by atoms with van der Waals surface area (Å²) in [6.07, 6.45) is 11.4. The number of fused-ring (bicyclic) bond motifs is 1. The third-order valence-electron chi connectivity index (χ3n) is 7.81. The molecule has 3 heterocycles. The van der Waals surface area contributed by atoms with Crippen LogP contribution in [0.2, 0.25) is 0 Å². The minimum absolute atomic E-state index is 0.0819. The molecule has 1 saturated carbocycles. The maximum absolute atomic E-state index is 12.9. The van der Waals surface area contributed by atoms with E-state index in [1.54, 1.807) is 6.20 Å². The van der Waals surface area contributed by atoms with Gasteiger partial charge in [0.1, 0.15) is 18.1 Å². The topological polar surface area (TPSA) is 45.7 Å². The Hall–Kier alpha value is -2.40. The molecule has 0 N–H and O–H groups in total. The molecule has 3 aliphatic rings. The van der Waals surface area contributed by atoms with Gasteiger partial charge in [-0.1, -0.05) is 30.7 Å². The molecule has 0 bridgehead atoms. The molecule has 1 saturated heterocycles. The van der Waals surface area contributed by atoms with E-state index in [9.17, 15) is 4.79 Å². The van der Waals surface area contributed by atoms with Crippen LogP contribution in [0.1, 0.15) is 61.0 Å². The second-order valence-electron chi connectivity index (χ2n) is 10.3. The summed E-state index contributed by atoms with van der Waals surface area (Å²) in [6, 6.07) is 14.2. The van der Waals surface area contributed by atoms with E-state index in [4.69, 9.17) is 4.74 Å². The highest BCUT2D eigenvalue weighted by Gasteiger charge is 2.38. The minimum Gasteiger partial charge on any atom is -0.492 e. The van der Waals surface area contributed by atoms with E-state index in [1.807, 2.05) is 23.1 Å². The van der Waals surface area contributed by atoms with Crippen molar-refractivity contribution in [3.05, 3.63) is 59.9 Å². The standard InChI is InChI=1S/C28H37N3O2/c32-27(25-9-4-6-16-29-25)31-17-14-28(15-18-31)13-5-3-8-24-7-1-2-10-26(24)33-20-19-30(22-28)21-23-11-12-23/h1-2,4,6-7,9-10,16,23H,3,5,8,11-15,17-22H2. The van der Waals surface area contributed by atoms with E-state index in [-0.39, 0.29) is 5.91 Å². The van der Waals surface area contributed by atoms with Crippen molar-refractivity contribution in [1.82, 2.24) is 14.8 Å². The molecular weight excluding hydrogens is 410 g/mol. The molecule has 1 amide bonds. The first-order chi connectivity index (χ1) is 16.2. The maximum atomic E-state index is 12.9. The van der Waals surface area contributed by atoms with E-state index in [0.29, 0.717) is 11.1 Å². The van der Waals surface area contributed by atoms with E-state index in [0.717, 1.165) is 63.7 Å². The Morgan fingerprint density at radius 3 is 2.61 bits per heavy atom. The first-order valence-corrected chi connectivity index (χ1v) is 12.8. The van der Waals surface area contributed by atoms with Crippen LogP contribution in [0.4, 0.5) is 0 Å². The van der Waals surface area contributed by atoms with Crippen LogP contribution in [-0.4, -0.2) is 60.0 Å². The number of pyridine rings is 1. The molecule has 1 aliphatic carbocycles. The smallest absolute Gasteiger partial charge is 0.272 e.